The fourth-order valence-corrected chi connectivity index (χ4v) is 5.85. The minimum absolute atomic E-state index is 0.000204. The fourth-order valence-electron chi connectivity index (χ4n) is 5.07. The summed E-state index contributed by atoms with van der Waals surface area (Å²) in [7, 11) is 1.63. The van der Waals surface area contributed by atoms with Crippen LogP contribution in [0.3, 0.4) is 0 Å². The maximum atomic E-state index is 13.7. The Bertz CT molecular complexity index is 1730. The Morgan fingerprint density at radius 2 is 1.62 bits per heavy atom. The molecule has 5 rings (SSSR count). The van der Waals surface area contributed by atoms with Crippen LogP contribution in [0.1, 0.15) is 69.6 Å². The van der Waals surface area contributed by atoms with Crippen LogP contribution in [0.5, 0.6) is 5.75 Å². The topological polar surface area (TPSA) is 121 Å². The molecule has 0 saturated carbocycles. The van der Waals surface area contributed by atoms with Crippen molar-refractivity contribution in [3.63, 3.8) is 0 Å². The van der Waals surface area contributed by atoms with Gasteiger partial charge in [-0.3, -0.25) is 4.98 Å². The lowest BCUT2D eigenvalue weighted by Gasteiger charge is -2.29. The van der Waals surface area contributed by atoms with E-state index in [4.69, 9.17) is 28.8 Å². The molecule has 0 saturated heterocycles. The number of hydrogen-bond acceptors (Lipinski definition) is 10. The number of amidine groups is 1. The molecule has 11 nitrogen and oxygen atoms in total. The van der Waals surface area contributed by atoms with Crippen LogP contribution in [0.4, 0.5) is 9.59 Å². The monoisotopic (exact) mass is 630 g/mol. The van der Waals surface area contributed by atoms with Crippen LogP contribution in [0.2, 0.25) is 0 Å². The van der Waals surface area contributed by atoms with Crippen LogP contribution < -0.4 is 4.74 Å². The molecule has 12 heteroatoms. The molecule has 0 bridgehead atoms. The SMILES string of the molecule is COc1c(C)cnc(Cn2nc3cc(-c4ccccc4)c4c-3c(n2)C(N(C(=O)OC(C)(C)C)C(=O)OC(C)(C)C)=NSC4)c1C. The smallest absolute Gasteiger partial charge is 0.425 e. The molecule has 3 heterocycles. The summed E-state index contributed by atoms with van der Waals surface area (Å²) in [5.41, 5.74) is 5.25. The average Bonchev–Trinajstić information content (AvgIpc) is 3.20. The molecule has 0 fully saturated rings. The third-order valence-electron chi connectivity index (χ3n) is 6.90. The van der Waals surface area contributed by atoms with Gasteiger partial charge in [0.1, 0.15) is 29.2 Å². The van der Waals surface area contributed by atoms with Crippen molar-refractivity contribution in [1.82, 2.24) is 24.9 Å². The Labute approximate surface area is 267 Å². The first-order valence-corrected chi connectivity index (χ1v) is 15.5. The minimum atomic E-state index is -0.923. The minimum Gasteiger partial charge on any atom is -0.496 e. The molecule has 0 atom stereocenters. The van der Waals surface area contributed by atoms with Gasteiger partial charge in [0.05, 0.1) is 18.5 Å². The Kier molecular flexibility index (Phi) is 8.63. The molecule has 2 aliphatic heterocycles. The second kappa shape index (κ2) is 12.2. The lowest BCUT2D eigenvalue weighted by molar-refractivity contribution is 0.0148. The Morgan fingerprint density at radius 3 is 2.22 bits per heavy atom. The van der Waals surface area contributed by atoms with Gasteiger partial charge in [0.25, 0.3) is 0 Å². The number of rotatable bonds is 4. The van der Waals surface area contributed by atoms with E-state index in [9.17, 15) is 9.59 Å². The highest BCUT2D eigenvalue weighted by Gasteiger charge is 2.40. The number of aryl methyl sites for hydroxylation is 1. The number of nitrogens with zero attached hydrogens (tertiary/aromatic N) is 6. The molecule has 1 aromatic carbocycles. The first-order valence-electron chi connectivity index (χ1n) is 14.6. The Balaban J connectivity index is 1.73. The number of hydrogen-bond donors (Lipinski definition) is 0. The Morgan fingerprint density at radius 1 is 0.978 bits per heavy atom. The fraction of sp³-hybridized carbons (Fsp3) is 0.394. The second-order valence-corrected chi connectivity index (χ2v) is 13.5. The van der Waals surface area contributed by atoms with Crippen molar-refractivity contribution in [1.29, 1.82) is 0 Å². The number of carbonyl (C=O) groups excluding carboxylic acids is 2. The molecule has 45 heavy (non-hydrogen) atoms. The normalized spacial score (nSPS) is 13.2. The van der Waals surface area contributed by atoms with Crippen molar-refractivity contribution >= 4 is 30.0 Å². The summed E-state index contributed by atoms with van der Waals surface area (Å²) in [6, 6.07) is 12.0. The number of pyridine rings is 1. The van der Waals surface area contributed by atoms with Gasteiger partial charge >= 0.3 is 12.2 Å². The van der Waals surface area contributed by atoms with E-state index in [0.717, 1.165) is 38.5 Å². The van der Waals surface area contributed by atoms with Crippen molar-refractivity contribution in [2.24, 2.45) is 4.40 Å². The summed E-state index contributed by atoms with van der Waals surface area (Å²) in [6.07, 6.45) is -0.0957. The van der Waals surface area contributed by atoms with Crippen molar-refractivity contribution in [2.45, 2.75) is 78.9 Å². The zero-order chi connectivity index (χ0) is 32.7. The summed E-state index contributed by atoms with van der Waals surface area (Å²) in [5.74, 6) is 1.20. The largest absolute Gasteiger partial charge is 0.496 e. The number of imide groups is 1. The molecular formula is C33H38N6O5S. The number of benzene rings is 1. The third kappa shape index (κ3) is 6.80. The van der Waals surface area contributed by atoms with Crippen LogP contribution in [-0.4, -0.2) is 61.2 Å². The van der Waals surface area contributed by atoms with E-state index < -0.39 is 23.4 Å². The lowest BCUT2D eigenvalue weighted by atomic mass is 10.0. The summed E-state index contributed by atoms with van der Waals surface area (Å²) in [5, 5.41) is 9.79. The number of amides is 2. The van der Waals surface area contributed by atoms with Gasteiger partial charge < -0.3 is 14.2 Å². The second-order valence-electron chi connectivity index (χ2n) is 12.8. The van der Waals surface area contributed by atoms with Crippen LogP contribution in [0.15, 0.2) is 47.0 Å². The first kappa shape index (κ1) is 32.0. The highest BCUT2D eigenvalue weighted by Crippen LogP contribution is 2.43. The maximum absolute atomic E-state index is 13.7. The van der Waals surface area contributed by atoms with E-state index >= 15 is 0 Å². The van der Waals surface area contributed by atoms with Crippen LogP contribution >= 0.6 is 11.9 Å². The summed E-state index contributed by atoms with van der Waals surface area (Å²) in [4.78, 5) is 34.4. The van der Waals surface area contributed by atoms with Gasteiger partial charge in [0, 0.05) is 28.6 Å². The summed E-state index contributed by atoms with van der Waals surface area (Å²) < 4.78 is 21.7. The van der Waals surface area contributed by atoms with Crippen molar-refractivity contribution in [3.05, 3.63) is 70.7 Å². The number of ether oxygens (including phenoxy) is 3. The molecule has 0 radical (unpaired) electrons. The third-order valence-corrected chi connectivity index (χ3v) is 7.62. The quantitative estimate of drug-likeness (QED) is 0.216. The number of aromatic nitrogens is 4. The van der Waals surface area contributed by atoms with E-state index in [-0.39, 0.29) is 12.4 Å². The zero-order valence-corrected chi connectivity index (χ0v) is 27.9. The molecule has 3 aliphatic rings. The van der Waals surface area contributed by atoms with Gasteiger partial charge in [0.15, 0.2) is 5.84 Å². The molecule has 0 unspecified atom stereocenters. The number of methoxy groups -OCH3 is 1. The summed E-state index contributed by atoms with van der Waals surface area (Å²) >= 11 is 1.21. The number of carbonyl (C=O) groups is 2. The summed E-state index contributed by atoms with van der Waals surface area (Å²) in [6.45, 7) is 14.4. The van der Waals surface area contributed by atoms with Crippen LogP contribution in [0, 0.1) is 13.8 Å². The Hall–Kier alpha value is -4.45. The maximum Gasteiger partial charge on any atom is 0.425 e. The van der Waals surface area contributed by atoms with Crippen molar-refractivity contribution in [2.75, 3.05) is 7.11 Å². The van der Waals surface area contributed by atoms with E-state index in [1.807, 2.05) is 50.2 Å². The predicted octanol–water partition coefficient (Wildman–Crippen LogP) is 7.20. The van der Waals surface area contributed by atoms with Gasteiger partial charge in [-0.2, -0.15) is 24.3 Å². The van der Waals surface area contributed by atoms with E-state index in [1.54, 1.807) is 54.8 Å². The first-order chi connectivity index (χ1) is 21.2. The molecule has 0 N–H and O–H groups in total. The molecule has 0 spiro atoms. The highest BCUT2D eigenvalue weighted by atomic mass is 32.2. The van der Waals surface area contributed by atoms with E-state index in [2.05, 4.69) is 4.98 Å². The van der Waals surface area contributed by atoms with Crippen LogP contribution in [0.25, 0.3) is 22.4 Å². The zero-order valence-electron chi connectivity index (χ0n) is 27.1. The van der Waals surface area contributed by atoms with Gasteiger partial charge in [-0.1, -0.05) is 30.3 Å². The van der Waals surface area contributed by atoms with Crippen molar-refractivity contribution < 1.29 is 23.8 Å². The van der Waals surface area contributed by atoms with E-state index in [0.29, 0.717) is 28.4 Å². The highest BCUT2D eigenvalue weighted by molar-refractivity contribution is 7.97. The molecule has 2 aromatic rings. The van der Waals surface area contributed by atoms with Gasteiger partial charge in [0.2, 0.25) is 0 Å². The van der Waals surface area contributed by atoms with Crippen molar-refractivity contribution in [3.8, 4) is 28.1 Å². The standard InChI is InChI=1S/C33H38N6O5S/c1-19-16-34-25(20(2)28(19)42-9)17-38-35-24-15-22(21-13-11-10-12-14-21)23-18-45-37-29(27(36-38)26(23)24)39(30(40)43-32(3,4)5)31(41)44-33(6,7)8/h10-16H,17-18H2,1-9H3. The molecule has 236 valence electrons. The van der Waals surface area contributed by atoms with Gasteiger partial charge in [-0.25, -0.2) is 9.59 Å². The molecular weight excluding hydrogens is 592 g/mol. The van der Waals surface area contributed by atoms with Gasteiger partial charge in [-0.05, 0) is 90.1 Å². The van der Waals surface area contributed by atoms with E-state index in [1.165, 1.54) is 16.7 Å². The average molecular weight is 631 g/mol. The predicted molar refractivity (Wildman–Crippen MR) is 174 cm³/mol. The lowest BCUT2D eigenvalue weighted by Crippen LogP contribution is -2.47. The van der Waals surface area contributed by atoms with Crippen LogP contribution in [-0.2, 0) is 21.8 Å². The molecule has 1 aromatic heterocycles. The van der Waals surface area contributed by atoms with Gasteiger partial charge in [-0.15, -0.1) is 0 Å². The molecule has 2 amide bonds. The molecule has 1 aliphatic carbocycles.